The Morgan fingerprint density at radius 3 is 2.21 bits per heavy atom. The number of aryl methyl sites for hydroxylation is 1. The first kappa shape index (κ1) is 19.0. The molecule has 0 aromatic heterocycles. The van der Waals surface area contributed by atoms with E-state index >= 15 is 0 Å². The van der Waals surface area contributed by atoms with E-state index in [0.29, 0.717) is 0 Å². The fraction of sp³-hybridized carbons (Fsp3) is 0.400. The molecule has 0 saturated carbocycles. The van der Waals surface area contributed by atoms with Crippen LogP contribution in [-0.4, -0.2) is 10.2 Å². The van der Waals surface area contributed by atoms with E-state index in [2.05, 4.69) is 0 Å². The SMILES string of the molecule is C.CCCc1cccc(O)c1O.Cl.Cl. The number of aromatic hydroxyl groups is 2. The lowest BCUT2D eigenvalue weighted by Crippen LogP contribution is -1.83. The average molecular weight is 241 g/mol. The predicted octanol–water partition coefficient (Wildman–Crippen LogP) is 3.53. The third kappa shape index (κ3) is 4.58. The maximum Gasteiger partial charge on any atom is 0.160 e. The van der Waals surface area contributed by atoms with Crippen LogP contribution in [0.4, 0.5) is 0 Å². The predicted molar refractivity (Wildman–Crippen MR) is 65.0 cm³/mol. The first-order valence-corrected chi connectivity index (χ1v) is 3.75. The Morgan fingerprint density at radius 2 is 1.71 bits per heavy atom. The van der Waals surface area contributed by atoms with Crippen LogP contribution in [0.1, 0.15) is 26.3 Å². The van der Waals surface area contributed by atoms with Gasteiger partial charge in [0.2, 0.25) is 0 Å². The molecule has 0 heterocycles. The molecule has 0 unspecified atom stereocenters. The maximum atomic E-state index is 9.28. The highest BCUT2D eigenvalue weighted by atomic mass is 35.5. The number of rotatable bonds is 2. The van der Waals surface area contributed by atoms with Gasteiger partial charge in [-0.25, -0.2) is 0 Å². The summed E-state index contributed by atoms with van der Waals surface area (Å²) in [6.45, 7) is 2.03. The number of hydrogen-bond acceptors (Lipinski definition) is 2. The third-order valence-electron chi connectivity index (χ3n) is 1.62. The van der Waals surface area contributed by atoms with E-state index in [-0.39, 0.29) is 43.7 Å². The summed E-state index contributed by atoms with van der Waals surface area (Å²) in [6, 6.07) is 5.03. The highest BCUT2D eigenvalue weighted by Gasteiger charge is 2.02. The van der Waals surface area contributed by atoms with Gasteiger partial charge < -0.3 is 10.2 Å². The van der Waals surface area contributed by atoms with Gasteiger partial charge in [0.25, 0.3) is 0 Å². The number of phenols is 2. The van der Waals surface area contributed by atoms with E-state index in [1.54, 1.807) is 6.07 Å². The van der Waals surface area contributed by atoms with E-state index in [9.17, 15) is 5.11 Å². The third-order valence-corrected chi connectivity index (χ3v) is 1.62. The minimum atomic E-state index is -0.0315. The van der Waals surface area contributed by atoms with Crippen LogP contribution in [0.2, 0.25) is 0 Å². The number of phenolic OH excluding ortho intramolecular Hbond substituents is 2. The lowest BCUT2D eigenvalue weighted by molar-refractivity contribution is 0.399. The van der Waals surface area contributed by atoms with Gasteiger partial charge in [0.1, 0.15) is 0 Å². The summed E-state index contributed by atoms with van der Waals surface area (Å²) in [4.78, 5) is 0. The molecule has 0 amide bonds. The lowest BCUT2D eigenvalue weighted by Gasteiger charge is -2.03. The molecule has 0 aliphatic heterocycles. The number of benzene rings is 1. The van der Waals surface area contributed by atoms with Crippen molar-refractivity contribution in [2.75, 3.05) is 0 Å². The molecule has 1 aromatic rings. The molecule has 2 nitrogen and oxygen atoms in total. The zero-order valence-corrected chi connectivity index (χ0v) is 8.99. The van der Waals surface area contributed by atoms with Gasteiger partial charge in [-0.2, -0.15) is 0 Å². The van der Waals surface area contributed by atoms with E-state index < -0.39 is 0 Å². The molecule has 0 saturated heterocycles. The van der Waals surface area contributed by atoms with Crippen molar-refractivity contribution in [3.63, 3.8) is 0 Å². The first-order chi connectivity index (χ1) is 5.25. The second kappa shape index (κ2) is 8.97. The Bertz CT molecular complexity index is 252. The first-order valence-electron chi connectivity index (χ1n) is 3.75. The van der Waals surface area contributed by atoms with Gasteiger partial charge in [0.15, 0.2) is 11.5 Å². The minimum absolute atomic E-state index is 0. The van der Waals surface area contributed by atoms with Crippen molar-refractivity contribution >= 4 is 24.8 Å². The molecule has 0 bridgehead atoms. The highest BCUT2D eigenvalue weighted by Crippen LogP contribution is 2.28. The van der Waals surface area contributed by atoms with Crippen LogP contribution in [0.3, 0.4) is 0 Å². The topological polar surface area (TPSA) is 40.5 Å². The number of para-hydroxylation sites is 1. The van der Waals surface area contributed by atoms with Gasteiger partial charge in [-0.3, -0.25) is 0 Å². The van der Waals surface area contributed by atoms with E-state index in [1.807, 2.05) is 13.0 Å². The molecule has 1 rings (SSSR count). The second-order valence-electron chi connectivity index (χ2n) is 2.53. The van der Waals surface area contributed by atoms with Crippen LogP contribution in [0.25, 0.3) is 0 Å². The molecule has 4 heteroatoms. The Morgan fingerprint density at radius 1 is 1.14 bits per heavy atom. The molecule has 0 radical (unpaired) electrons. The summed E-state index contributed by atoms with van der Waals surface area (Å²) in [7, 11) is 0. The summed E-state index contributed by atoms with van der Waals surface area (Å²) in [5.41, 5.74) is 0.813. The minimum Gasteiger partial charge on any atom is -0.504 e. The van der Waals surface area contributed by atoms with Crippen LogP contribution in [0, 0.1) is 0 Å². The summed E-state index contributed by atoms with van der Waals surface area (Å²) < 4.78 is 0. The Hall–Kier alpha value is -0.600. The molecular formula is C10H18Cl2O2. The molecule has 1 aromatic carbocycles. The second-order valence-corrected chi connectivity index (χ2v) is 2.53. The Labute approximate surface area is 97.8 Å². The molecule has 0 aliphatic carbocycles. The van der Waals surface area contributed by atoms with Crippen molar-refractivity contribution in [3.05, 3.63) is 23.8 Å². The normalized spacial score (nSPS) is 7.79. The summed E-state index contributed by atoms with van der Waals surface area (Å²) in [5, 5.41) is 18.4. The zero-order chi connectivity index (χ0) is 8.27. The molecule has 0 spiro atoms. The monoisotopic (exact) mass is 240 g/mol. The Balaban J connectivity index is -0.000000403. The Kier molecular flexibility index (Phi) is 12.2. The molecule has 0 fully saturated rings. The fourth-order valence-electron chi connectivity index (χ4n) is 1.05. The van der Waals surface area contributed by atoms with Crippen molar-refractivity contribution < 1.29 is 10.2 Å². The molecular weight excluding hydrogens is 223 g/mol. The van der Waals surface area contributed by atoms with Crippen LogP contribution in [-0.2, 0) is 6.42 Å². The van der Waals surface area contributed by atoms with E-state index in [1.165, 1.54) is 6.07 Å². The summed E-state index contributed by atoms with van der Waals surface area (Å²) in [5.74, 6) is -0.00898. The lowest BCUT2D eigenvalue weighted by atomic mass is 10.1. The maximum absolute atomic E-state index is 9.28. The summed E-state index contributed by atoms with van der Waals surface area (Å²) >= 11 is 0. The number of halogens is 2. The van der Waals surface area contributed by atoms with Crippen LogP contribution >= 0.6 is 24.8 Å². The van der Waals surface area contributed by atoms with E-state index in [0.717, 1.165) is 18.4 Å². The van der Waals surface area contributed by atoms with E-state index in [4.69, 9.17) is 5.11 Å². The number of hydrogen-bond donors (Lipinski definition) is 2. The molecule has 0 aliphatic rings. The van der Waals surface area contributed by atoms with Gasteiger partial charge in [-0.05, 0) is 18.1 Å². The van der Waals surface area contributed by atoms with Gasteiger partial charge in [-0.15, -0.1) is 24.8 Å². The van der Waals surface area contributed by atoms with Crippen LogP contribution in [0.15, 0.2) is 18.2 Å². The van der Waals surface area contributed by atoms with Crippen molar-refractivity contribution in [3.8, 4) is 11.5 Å². The van der Waals surface area contributed by atoms with Crippen molar-refractivity contribution in [2.24, 2.45) is 0 Å². The fourth-order valence-corrected chi connectivity index (χ4v) is 1.05. The van der Waals surface area contributed by atoms with Gasteiger partial charge in [0.05, 0.1) is 0 Å². The van der Waals surface area contributed by atoms with Crippen molar-refractivity contribution in [2.45, 2.75) is 27.2 Å². The molecule has 0 atom stereocenters. The largest absolute Gasteiger partial charge is 0.504 e. The average Bonchev–Trinajstić information content (AvgIpc) is 1.99. The molecule has 84 valence electrons. The van der Waals surface area contributed by atoms with Gasteiger partial charge >= 0.3 is 0 Å². The van der Waals surface area contributed by atoms with Gasteiger partial charge in [0, 0.05) is 0 Å². The van der Waals surface area contributed by atoms with Crippen LogP contribution in [0.5, 0.6) is 11.5 Å². The van der Waals surface area contributed by atoms with Gasteiger partial charge in [-0.1, -0.05) is 32.9 Å². The van der Waals surface area contributed by atoms with Crippen molar-refractivity contribution in [1.82, 2.24) is 0 Å². The zero-order valence-electron chi connectivity index (χ0n) is 7.36. The highest BCUT2D eigenvalue weighted by molar-refractivity contribution is 5.85. The van der Waals surface area contributed by atoms with Crippen LogP contribution < -0.4 is 0 Å². The summed E-state index contributed by atoms with van der Waals surface area (Å²) in [6.07, 6.45) is 1.78. The molecule has 14 heavy (non-hydrogen) atoms. The quantitative estimate of drug-likeness (QED) is 0.777. The van der Waals surface area contributed by atoms with Crippen molar-refractivity contribution in [1.29, 1.82) is 0 Å². The molecule has 2 N–H and O–H groups in total. The standard InChI is InChI=1S/C9H12O2.CH4.2ClH/c1-2-4-7-5-3-6-8(10)9(7)11;;;/h3,5-6,10-11H,2,4H2,1H3;1H4;2*1H. The smallest absolute Gasteiger partial charge is 0.160 e.